The Hall–Kier alpha value is -2.60. The van der Waals surface area contributed by atoms with E-state index in [1.54, 1.807) is 35.4 Å². The van der Waals surface area contributed by atoms with Crippen molar-refractivity contribution in [3.05, 3.63) is 52.7 Å². The zero-order chi connectivity index (χ0) is 18.7. The van der Waals surface area contributed by atoms with Gasteiger partial charge in [0.05, 0.1) is 12.7 Å². The third kappa shape index (κ3) is 3.80. The molecule has 0 unspecified atom stereocenters. The van der Waals surface area contributed by atoms with Crippen LogP contribution in [0.25, 0.3) is 0 Å². The first-order valence-electron chi connectivity index (χ1n) is 8.37. The molecule has 7 heteroatoms. The number of ether oxygens (including phenoxy) is 1. The van der Waals surface area contributed by atoms with Crippen LogP contribution in [0.2, 0.25) is 5.02 Å². The number of methoxy groups -OCH3 is 1. The highest BCUT2D eigenvalue weighted by molar-refractivity contribution is 6.31. The predicted molar refractivity (Wildman–Crippen MR) is 99.7 cm³/mol. The molecule has 3 rings (SSSR count). The minimum atomic E-state index is -0.547. The average Bonchev–Trinajstić information content (AvgIpc) is 3.13. The standard InChI is InChI=1S/C19H20ClN3O3/c1-12-5-8-17(21-11-12)22-18(24)15-4-3-9-23(15)19(25)14-10-13(20)6-7-16(14)26-2/h5-8,10-11,15H,3-4,9H2,1-2H3,(H,21,22,24)/t15-/m0/s1. The molecule has 0 aliphatic carbocycles. The SMILES string of the molecule is COc1ccc(Cl)cc1C(=O)N1CCC[C@H]1C(=O)Nc1ccc(C)cn1. The lowest BCUT2D eigenvalue weighted by atomic mass is 10.1. The van der Waals surface area contributed by atoms with Crippen molar-refractivity contribution in [2.75, 3.05) is 19.0 Å². The molecule has 1 fully saturated rings. The number of carbonyl (C=O) groups is 2. The molecule has 1 aromatic carbocycles. The van der Waals surface area contributed by atoms with Crippen LogP contribution in [0.15, 0.2) is 36.5 Å². The Morgan fingerprint density at radius 3 is 2.81 bits per heavy atom. The lowest BCUT2D eigenvalue weighted by Crippen LogP contribution is -2.43. The van der Waals surface area contributed by atoms with Crippen molar-refractivity contribution in [1.82, 2.24) is 9.88 Å². The number of hydrogen-bond donors (Lipinski definition) is 1. The molecule has 2 amide bonds. The molecule has 1 N–H and O–H groups in total. The highest BCUT2D eigenvalue weighted by Gasteiger charge is 2.35. The fourth-order valence-corrected chi connectivity index (χ4v) is 3.21. The topological polar surface area (TPSA) is 71.5 Å². The molecule has 26 heavy (non-hydrogen) atoms. The first-order chi connectivity index (χ1) is 12.5. The van der Waals surface area contributed by atoms with Gasteiger partial charge in [0.25, 0.3) is 5.91 Å². The van der Waals surface area contributed by atoms with E-state index in [-0.39, 0.29) is 11.8 Å². The number of halogens is 1. The number of rotatable bonds is 4. The first-order valence-corrected chi connectivity index (χ1v) is 8.75. The highest BCUT2D eigenvalue weighted by atomic mass is 35.5. The number of amides is 2. The summed E-state index contributed by atoms with van der Waals surface area (Å²) in [5.41, 5.74) is 1.36. The summed E-state index contributed by atoms with van der Waals surface area (Å²) in [7, 11) is 1.50. The van der Waals surface area contributed by atoms with Gasteiger partial charge in [0.15, 0.2) is 0 Å². The van der Waals surface area contributed by atoms with Crippen LogP contribution < -0.4 is 10.1 Å². The van der Waals surface area contributed by atoms with Crippen LogP contribution in [-0.2, 0) is 4.79 Å². The molecule has 6 nitrogen and oxygen atoms in total. The van der Waals surface area contributed by atoms with Crippen molar-refractivity contribution < 1.29 is 14.3 Å². The summed E-state index contributed by atoms with van der Waals surface area (Å²) >= 11 is 6.03. The van der Waals surface area contributed by atoms with E-state index in [4.69, 9.17) is 16.3 Å². The molecule has 0 bridgehead atoms. The molecule has 1 aromatic heterocycles. The summed E-state index contributed by atoms with van der Waals surface area (Å²) in [4.78, 5) is 31.4. The Morgan fingerprint density at radius 1 is 1.31 bits per heavy atom. The van der Waals surface area contributed by atoms with E-state index in [1.807, 2.05) is 13.0 Å². The van der Waals surface area contributed by atoms with E-state index in [0.29, 0.717) is 35.1 Å². The second-order valence-corrected chi connectivity index (χ2v) is 6.65. The Balaban J connectivity index is 1.79. The number of anilines is 1. The van der Waals surface area contributed by atoms with Crippen molar-refractivity contribution in [1.29, 1.82) is 0 Å². The van der Waals surface area contributed by atoms with Gasteiger partial charge in [0.2, 0.25) is 5.91 Å². The molecule has 1 atom stereocenters. The van der Waals surface area contributed by atoms with E-state index >= 15 is 0 Å². The maximum absolute atomic E-state index is 13.0. The summed E-state index contributed by atoms with van der Waals surface area (Å²) in [6.45, 7) is 2.43. The van der Waals surface area contributed by atoms with Crippen LogP contribution in [0.4, 0.5) is 5.82 Å². The van der Waals surface area contributed by atoms with Gasteiger partial charge in [0, 0.05) is 17.8 Å². The molecule has 0 saturated carbocycles. The highest BCUT2D eigenvalue weighted by Crippen LogP contribution is 2.28. The van der Waals surface area contributed by atoms with Gasteiger partial charge in [-0.2, -0.15) is 0 Å². The quantitative estimate of drug-likeness (QED) is 0.892. The Labute approximate surface area is 157 Å². The lowest BCUT2D eigenvalue weighted by molar-refractivity contribution is -0.119. The van der Waals surface area contributed by atoms with E-state index in [2.05, 4.69) is 10.3 Å². The first kappa shape index (κ1) is 18.2. The maximum atomic E-state index is 13.0. The number of benzene rings is 1. The summed E-state index contributed by atoms with van der Waals surface area (Å²) in [5.74, 6) is 0.401. The second kappa shape index (κ2) is 7.74. The number of aryl methyl sites for hydroxylation is 1. The average molecular weight is 374 g/mol. The lowest BCUT2D eigenvalue weighted by Gasteiger charge is -2.24. The van der Waals surface area contributed by atoms with Gasteiger partial charge >= 0.3 is 0 Å². The Bertz CT molecular complexity index is 823. The van der Waals surface area contributed by atoms with Gasteiger partial charge in [-0.25, -0.2) is 4.98 Å². The zero-order valence-corrected chi connectivity index (χ0v) is 15.4. The number of carbonyl (C=O) groups excluding carboxylic acids is 2. The monoisotopic (exact) mass is 373 g/mol. The smallest absolute Gasteiger partial charge is 0.258 e. The van der Waals surface area contributed by atoms with Crippen molar-refractivity contribution in [2.45, 2.75) is 25.8 Å². The Morgan fingerprint density at radius 2 is 2.12 bits per heavy atom. The number of pyridine rings is 1. The van der Waals surface area contributed by atoms with E-state index in [9.17, 15) is 9.59 Å². The predicted octanol–water partition coefficient (Wildman–Crippen LogP) is 3.30. The summed E-state index contributed by atoms with van der Waals surface area (Å²) in [5, 5.41) is 3.23. The van der Waals surface area contributed by atoms with Crippen molar-refractivity contribution >= 4 is 29.2 Å². The van der Waals surface area contributed by atoms with Gasteiger partial charge < -0.3 is 15.0 Å². The van der Waals surface area contributed by atoms with Gasteiger partial charge in [-0.1, -0.05) is 17.7 Å². The minimum absolute atomic E-state index is 0.242. The van der Waals surface area contributed by atoms with Crippen molar-refractivity contribution in [2.24, 2.45) is 0 Å². The fraction of sp³-hybridized carbons (Fsp3) is 0.316. The van der Waals surface area contributed by atoms with Crippen molar-refractivity contribution in [3.63, 3.8) is 0 Å². The molecule has 1 aliphatic rings. The fourth-order valence-electron chi connectivity index (χ4n) is 3.04. The van der Waals surface area contributed by atoms with Gasteiger partial charge in [-0.3, -0.25) is 9.59 Å². The summed E-state index contributed by atoms with van der Waals surface area (Å²) in [6.07, 6.45) is 3.05. The third-order valence-corrected chi connectivity index (χ3v) is 4.61. The molecular formula is C19H20ClN3O3. The Kier molecular flexibility index (Phi) is 5.42. The van der Waals surface area contributed by atoms with Crippen LogP contribution in [-0.4, -0.2) is 41.4 Å². The number of nitrogens with zero attached hydrogens (tertiary/aromatic N) is 2. The third-order valence-electron chi connectivity index (χ3n) is 4.37. The van der Waals surface area contributed by atoms with Crippen LogP contribution in [0.3, 0.4) is 0 Å². The second-order valence-electron chi connectivity index (χ2n) is 6.21. The maximum Gasteiger partial charge on any atom is 0.258 e. The van der Waals surface area contributed by atoms with Crippen LogP contribution in [0, 0.1) is 6.92 Å². The van der Waals surface area contributed by atoms with E-state index in [1.165, 1.54) is 7.11 Å². The normalized spacial score (nSPS) is 16.4. The number of aromatic nitrogens is 1. The molecule has 0 radical (unpaired) electrons. The van der Waals surface area contributed by atoms with Crippen molar-refractivity contribution in [3.8, 4) is 5.75 Å². The zero-order valence-electron chi connectivity index (χ0n) is 14.7. The molecule has 1 aliphatic heterocycles. The minimum Gasteiger partial charge on any atom is -0.496 e. The number of hydrogen-bond acceptors (Lipinski definition) is 4. The summed E-state index contributed by atoms with van der Waals surface area (Å²) < 4.78 is 5.27. The van der Waals surface area contributed by atoms with Crippen LogP contribution >= 0.6 is 11.6 Å². The number of nitrogens with one attached hydrogen (secondary N) is 1. The van der Waals surface area contributed by atoms with E-state index in [0.717, 1.165) is 12.0 Å². The largest absolute Gasteiger partial charge is 0.496 e. The van der Waals surface area contributed by atoms with Gasteiger partial charge in [-0.05, 0) is 49.6 Å². The molecule has 136 valence electrons. The van der Waals surface area contributed by atoms with Gasteiger partial charge in [0.1, 0.15) is 17.6 Å². The van der Waals surface area contributed by atoms with Crippen LogP contribution in [0.5, 0.6) is 5.75 Å². The summed E-state index contributed by atoms with van der Waals surface area (Å²) in [6, 6.07) is 7.95. The van der Waals surface area contributed by atoms with Gasteiger partial charge in [-0.15, -0.1) is 0 Å². The molecule has 0 spiro atoms. The molecule has 1 saturated heterocycles. The van der Waals surface area contributed by atoms with Crippen LogP contribution in [0.1, 0.15) is 28.8 Å². The molecule has 2 heterocycles. The molecular weight excluding hydrogens is 354 g/mol. The van der Waals surface area contributed by atoms with E-state index < -0.39 is 6.04 Å². The molecule has 2 aromatic rings. The number of likely N-dealkylation sites (tertiary alicyclic amines) is 1.